The summed E-state index contributed by atoms with van der Waals surface area (Å²) in [6.07, 6.45) is 9.98. The highest BCUT2D eigenvalue weighted by Gasteiger charge is 2.27. The van der Waals surface area contributed by atoms with Crippen LogP contribution in [0.15, 0.2) is 18.2 Å². The molecule has 2 atom stereocenters. The number of unbranched alkanes of at least 4 members (excludes halogenated alkanes) is 1. The number of hydrogen-bond donors (Lipinski definition) is 7. The van der Waals surface area contributed by atoms with Crippen LogP contribution in [-0.4, -0.2) is 63.4 Å². The number of H-pyrrole nitrogens is 1. The number of anilines is 1. The van der Waals surface area contributed by atoms with Gasteiger partial charge in [0.05, 0.1) is 12.2 Å². The molecule has 1 fully saturated rings. The van der Waals surface area contributed by atoms with Crippen LogP contribution in [0.1, 0.15) is 92.3 Å². The quantitative estimate of drug-likeness (QED) is 0.0709. The Kier molecular flexibility index (Phi) is 13.5. The number of rotatable bonds is 17. The standard InChI is InChI=1S/C34H48FN4O8P/c1-21-26(22(2)37-30(21)18-28-27-17-25(35)11-13-29(27)39-33(28)42)12-14-32(41)38-31(16-23-8-4-3-5-9-23)34(43)36-15-7-6-10-24(19-40)20-47-48(44,45)46/h11,13,17-18,23-24,31,37,40H,3-10,12,14-16,19-20H2,1-2H3,(H,36,43)(H,38,41)(H,39,42)(H2,44,45,46)/t24?,31-/m1/s1. The molecule has 1 aromatic heterocycles. The normalized spacial score (nSPS) is 17.2. The zero-order chi connectivity index (χ0) is 34.8. The molecule has 1 unspecified atom stereocenters. The van der Waals surface area contributed by atoms with E-state index in [0.717, 1.165) is 42.5 Å². The van der Waals surface area contributed by atoms with Crippen LogP contribution in [0.2, 0.25) is 0 Å². The van der Waals surface area contributed by atoms with E-state index in [9.17, 15) is 28.4 Å². The van der Waals surface area contributed by atoms with E-state index in [4.69, 9.17) is 9.79 Å². The summed E-state index contributed by atoms with van der Waals surface area (Å²) in [5, 5.41) is 18.1. The number of amides is 3. The molecule has 1 aromatic carbocycles. The first kappa shape index (κ1) is 37.5. The second kappa shape index (κ2) is 17.3. The molecule has 0 spiro atoms. The number of hydrogen-bond acceptors (Lipinski definition) is 6. The van der Waals surface area contributed by atoms with Crippen LogP contribution in [0, 0.1) is 31.5 Å². The summed E-state index contributed by atoms with van der Waals surface area (Å²) in [6.45, 7) is 3.65. The van der Waals surface area contributed by atoms with E-state index < -0.39 is 25.6 Å². The zero-order valence-corrected chi connectivity index (χ0v) is 28.5. The summed E-state index contributed by atoms with van der Waals surface area (Å²) in [5.41, 5.74) is 4.81. The van der Waals surface area contributed by atoms with Crippen LogP contribution in [0.25, 0.3) is 11.6 Å². The van der Waals surface area contributed by atoms with Crippen molar-refractivity contribution in [3.63, 3.8) is 0 Å². The van der Waals surface area contributed by atoms with Crippen molar-refractivity contribution in [2.24, 2.45) is 11.8 Å². The number of halogens is 1. The van der Waals surface area contributed by atoms with E-state index in [-0.39, 0.29) is 37.4 Å². The number of aliphatic hydroxyl groups excluding tert-OH is 1. The topological polar surface area (TPSA) is 190 Å². The molecule has 0 bridgehead atoms. The molecule has 0 radical (unpaired) electrons. The lowest BCUT2D eigenvalue weighted by Gasteiger charge is -2.26. The maximum absolute atomic E-state index is 13.9. The summed E-state index contributed by atoms with van der Waals surface area (Å²) < 4.78 is 29.3. The lowest BCUT2D eigenvalue weighted by molar-refractivity contribution is -0.129. The van der Waals surface area contributed by atoms with Crippen molar-refractivity contribution in [1.82, 2.24) is 15.6 Å². The van der Waals surface area contributed by atoms with Gasteiger partial charge in [0.1, 0.15) is 11.9 Å². The molecular weight excluding hydrogens is 642 g/mol. The number of benzene rings is 1. The summed E-state index contributed by atoms with van der Waals surface area (Å²) >= 11 is 0. The first-order valence-electron chi connectivity index (χ1n) is 16.7. The SMILES string of the molecule is Cc1[nH]c(C=C2C(=O)Nc3ccc(F)cc32)c(C)c1CCC(=O)N[C@H](CC1CCCCC1)C(=O)NCCCCC(CO)COP(=O)(O)O. The number of aliphatic hydroxyl groups is 1. The molecule has 0 saturated heterocycles. The number of aromatic amines is 1. The Labute approximate surface area is 280 Å². The average molecular weight is 691 g/mol. The minimum atomic E-state index is -4.61. The number of aromatic nitrogens is 1. The molecule has 2 aromatic rings. The second-order valence-corrected chi connectivity index (χ2v) is 14.2. The van der Waals surface area contributed by atoms with E-state index in [2.05, 4.69) is 25.5 Å². The molecule has 12 nitrogen and oxygen atoms in total. The summed E-state index contributed by atoms with van der Waals surface area (Å²) in [6, 6.07) is 3.49. The van der Waals surface area contributed by atoms with Crippen molar-refractivity contribution in [3.05, 3.63) is 52.1 Å². The Balaban J connectivity index is 1.32. The fourth-order valence-electron chi connectivity index (χ4n) is 6.60. The molecule has 264 valence electrons. The number of aryl methyl sites for hydroxylation is 1. The van der Waals surface area contributed by atoms with Gasteiger partial charge in [0.15, 0.2) is 0 Å². The lowest BCUT2D eigenvalue weighted by Crippen LogP contribution is -2.48. The van der Waals surface area contributed by atoms with E-state index >= 15 is 0 Å². The van der Waals surface area contributed by atoms with E-state index in [1.165, 1.54) is 24.6 Å². The molecule has 3 amide bonds. The zero-order valence-electron chi connectivity index (χ0n) is 27.6. The van der Waals surface area contributed by atoms with Gasteiger partial charge in [-0.15, -0.1) is 0 Å². The van der Waals surface area contributed by atoms with Crippen molar-refractivity contribution < 1.29 is 42.8 Å². The van der Waals surface area contributed by atoms with E-state index in [1.54, 1.807) is 6.08 Å². The number of carbonyl (C=O) groups is 3. The minimum Gasteiger partial charge on any atom is -0.396 e. The van der Waals surface area contributed by atoms with Crippen LogP contribution in [-0.2, 0) is 29.9 Å². The molecule has 1 aliphatic heterocycles. The fraction of sp³-hybridized carbons (Fsp3) is 0.559. The van der Waals surface area contributed by atoms with Crippen molar-refractivity contribution in [2.45, 2.75) is 90.5 Å². The highest BCUT2D eigenvalue weighted by atomic mass is 31.2. The van der Waals surface area contributed by atoms with Crippen molar-refractivity contribution in [2.75, 3.05) is 25.1 Å². The molecule has 2 aliphatic rings. The minimum absolute atomic E-state index is 0.164. The first-order chi connectivity index (χ1) is 22.8. The van der Waals surface area contributed by atoms with Gasteiger partial charge in [-0.2, -0.15) is 0 Å². The molecule has 4 rings (SSSR count). The first-order valence-corrected chi connectivity index (χ1v) is 18.3. The maximum Gasteiger partial charge on any atom is 0.469 e. The third kappa shape index (κ3) is 10.8. The van der Waals surface area contributed by atoms with Gasteiger partial charge in [-0.25, -0.2) is 8.96 Å². The van der Waals surface area contributed by atoms with Gasteiger partial charge < -0.3 is 35.8 Å². The van der Waals surface area contributed by atoms with Crippen LogP contribution in [0.4, 0.5) is 10.1 Å². The molecular formula is C34H48FN4O8P. The predicted molar refractivity (Wildman–Crippen MR) is 180 cm³/mol. The Morgan fingerprint density at radius 3 is 2.62 bits per heavy atom. The third-order valence-corrected chi connectivity index (χ3v) is 9.79. The molecule has 1 saturated carbocycles. The molecule has 7 N–H and O–H groups in total. The number of nitrogens with one attached hydrogen (secondary N) is 4. The van der Waals surface area contributed by atoms with Crippen LogP contribution >= 0.6 is 7.82 Å². The Morgan fingerprint density at radius 2 is 1.92 bits per heavy atom. The van der Waals surface area contributed by atoms with Gasteiger partial charge in [-0.05, 0) is 80.9 Å². The maximum atomic E-state index is 13.9. The average Bonchev–Trinajstić information content (AvgIpc) is 3.49. The summed E-state index contributed by atoms with van der Waals surface area (Å²) in [7, 11) is -4.61. The smallest absolute Gasteiger partial charge is 0.396 e. The Hall–Kier alpha value is -3.35. The van der Waals surface area contributed by atoms with Crippen LogP contribution in [0.3, 0.4) is 0 Å². The van der Waals surface area contributed by atoms with Crippen molar-refractivity contribution in [1.29, 1.82) is 0 Å². The van der Waals surface area contributed by atoms with E-state index in [0.29, 0.717) is 67.1 Å². The highest BCUT2D eigenvalue weighted by Crippen LogP contribution is 2.37. The molecule has 48 heavy (non-hydrogen) atoms. The highest BCUT2D eigenvalue weighted by molar-refractivity contribution is 7.46. The van der Waals surface area contributed by atoms with Crippen LogP contribution < -0.4 is 16.0 Å². The Bertz CT molecular complexity index is 1530. The number of fused-ring (bicyclic) bond motifs is 1. The number of phosphoric acid groups is 1. The Morgan fingerprint density at radius 1 is 1.17 bits per heavy atom. The number of phosphoric ester groups is 1. The fourth-order valence-corrected chi connectivity index (χ4v) is 7.00. The van der Waals surface area contributed by atoms with Gasteiger partial charge in [-0.3, -0.25) is 18.9 Å². The molecule has 14 heteroatoms. The molecule has 2 heterocycles. The van der Waals surface area contributed by atoms with Crippen molar-refractivity contribution in [3.8, 4) is 0 Å². The van der Waals surface area contributed by atoms with Gasteiger partial charge in [0.2, 0.25) is 11.8 Å². The number of carbonyl (C=O) groups excluding carboxylic acids is 3. The van der Waals surface area contributed by atoms with Crippen molar-refractivity contribution >= 4 is 42.9 Å². The van der Waals surface area contributed by atoms with E-state index in [1.807, 2.05) is 13.8 Å². The van der Waals surface area contributed by atoms with Gasteiger partial charge in [-0.1, -0.05) is 38.5 Å². The lowest BCUT2D eigenvalue weighted by atomic mass is 9.84. The molecule has 1 aliphatic carbocycles. The second-order valence-electron chi connectivity index (χ2n) is 13.0. The largest absolute Gasteiger partial charge is 0.469 e. The van der Waals surface area contributed by atoms with Gasteiger partial charge >= 0.3 is 7.82 Å². The van der Waals surface area contributed by atoms with Gasteiger partial charge in [0.25, 0.3) is 5.91 Å². The van der Waals surface area contributed by atoms with Gasteiger partial charge in [0, 0.05) is 48.1 Å². The monoisotopic (exact) mass is 690 g/mol. The third-order valence-electron chi connectivity index (χ3n) is 9.31. The summed E-state index contributed by atoms with van der Waals surface area (Å²) in [4.78, 5) is 60.1. The van der Waals surface area contributed by atoms with Crippen LogP contribution in [0.5, 0.6) is 0 Å². The predicted octanol–water partition coefficient (Wildman–Crippen LogP) is 4.66. The summed E-state index contributed by atoms with van der Waals surface area (Å²) in [5.74, 6) is -1.29.